The summed E-state index contributed by atoms with van der Waals surface area (Å²) in [6, 6.07) is 14.2. The van der Waals surface area contributed by atoms with E-state index in [9.17, 15) is 19.5 Å². The number of aliphatic carboxylic acids is 1. The smallest absolute Gasteiger partial charge is 0.312 e. The van der Waals surface area contributed by atoms with Crippen LogP contribution in [0.1, 0.15) is 17.9 Å². The minimum absolute atomic E-state index is 0.0980. The zero-order valence-electron chi connectivity index (χ0n) is 15.4. The second-order valence-electron chi connectivity index (χ2n) is 7.00. The third kappa shape index (κ3) is 2.98. The largest absolute Gasteiger partial charge is 0.497 e. The number of hydrogen-bond acceptors (Lipinski definition) is 4. The van der Waals surface area contributed by atoms with Crippen molar-refractivity contribution in [1.29, 1.82) is 0 Å². The lowest BCUT2D eigenvalue weighted by Gasteiger charge is -2.22. The lowest BCUT2D eigenvalue weighted by Crippen LogP contribution is -2.37. The van der Waals surface area contributed by atoms with Crippen molar-refractivity contribution >= 4 is 29.2 Å². The Hall–Kier alpha value is -3.35. The van der Waals surface area contributed by atoms with Gasteiger partial charge in [0.25, 0.3) is 0 Å². The van der Waals surface area contributed by atoms with E-state index in [1.807, 2.05) is 0 Å². The molecule has 0 aliphatic carbocycles. The lowest BCUT2D eigenvalue weighted by molar-refractivity contribution is -0.138. The van der Waals surface area contributed by atoms with Gasteiger partial charge in [0.15, 0.2) is 0 Å². The molecule has 144 valence electrons. The number of amides is 2. The van der Waals surface area contributed by atoms with Crippen LogP contribution >= 0.6 is 0 Å². The number of carboxylic acid groups (broad SMARTS) is 1. The lowest BCUT2D eigenvalue weighted by atomic mass is 10.0. The van der Waals surface area contributed by atoms with Crippen LogP contribution in [0.4, 0.5) is 11.4 Å². The van der Waals surface area contributed by atoms with Crippen LogP contribution in [0.3, 0.4) is 0 Å². The summed E-state index contributed by atoms with van der Waals surface area (Å²) in [5.74, 6) is -1.84. The van der Waals surface area contributed by atoms with Gasteiger partial charge in [-0.2, -0.15) is 0 Å². The highest BCUT2D eigenvalue weighted by molar-refractivity contribution is 6.06. The van der Waals surface area contributed by atoms with Crippen LogP contribution < -0.4 is 14.5 Å². The summed E-state index contributed by atoms with van der Waals surface area (Å²) >= 11 is 0. The van der Waals surface area contributed by atoms with Gasteiger partial charge in [-0.25, -0.2) is 0 Å². The molecular formula is C21H20N2O5. The Kier molecular flexibility index (Phi) is 4.50. The van der Waals surface area contributed by atoms with E-state index in [-0.39, 0.29) is 31.3 Å². The molecule has 0 saturated carbocycles. The first-order chi connectivity index (χ1) is 13.5. The van der Waals surface area contributed by atoms with E-state index < -0.39 is 17.8 Å². The Balaban J connectivity index is 1.54. The molecule has 7 heteroatoms. The molecule has 28 heavy (non-hydrogen) atoms. The fourth-order valence-electron chi connectivity index (χ4n) is 3.93. The number of anilines is 2. The van der Waals surface area contributed by atoms with E-state index in [4.69, 9.17) is 4.74 Å². The van der Waals surface area contributed by atoms with E-state index >= 15 is 0 Å². The monoisotopic (exact) mass is 380 g/mol. The first-order valence-corrected chi connectivity index (χ1v) is 9.07. The molecule has 2 unspecified atom stereocenters. The molecule has 7 nitrogen and oxygen atoms in total. The number of benzene rings is 2. The molecule has 2 aromatic carbocycles. The number of rotatable bonds is 4. The number of carbonyl (C=O) groups is 3. The van der Waals surface area contributed by atoms with Crippen molar-refractivity contribution in [2.24, 2.45) is 5.92 Å². The number of methoxy groups -OCH3 is 1. The predicted octanol–water partition coefficient (Wildman–Crippen LogP) is 2.26. The molecule has 0 aromatic heterocycles. The van der Waals surface area contributed by atoms with Crippen LogP contribution in [0.2, 0.25) is 0 Å². The van der Waals surface area contributed by atoms with E-state index in [0.29, 0.717) is 22.7 Å². The molecule has 2 aliphatic rings. The quantitative estimate of drug-likeness (QED) is 0.879. The summed E-state index contributed by atoms with van der Waals surface area (Å²) in [5, 5.41) is 9.49. The van der Waals surface area contributed by atoms with Crippen molar-refractivity contribution in [3.05, 3.63) is 54.1 Å². The zero-order chi connectivity index (χ0) is 19.8. The summed E-state index contributed by atoms with van der Waals surface area (Å²) in [5.41, 5.74) is 1.97. The minimum Gasteiger partial charge on any atom is -0.497 e. The van der Waals surface area contributed by atoms with Gasteiger partial charge in [-0.1, -0.05) is 18.2 Å². The Bertz CT molecular complexity index is 940. The Morgan fingerprint density at radius 2 is 1.79 bits per heavy atom. The van der Waals surface area contributed by atoms with Crippen molar-refractivity contribution in [2.75, 3.05) is 30.0 Å². The molecule has 0 bridgehead atoms. The second kappa shape index (κ2) is 6.99. The second-order valence-corrected chi connectivity index (χ2v) is 7.00. The third-order valence-electron chi connectivity index (χ3n) is 5.39. The molecule has 1 fully saturated rings. The molecule has 2 atom stereocenters. The molecule has 2 aliphatic heterocycles. The van der Waals surface area contributed by atoms with E-state index in [0.717, 1.165) is 0 Å². The van der Waals surface area contributed by atoms with Gasteiger partial charge in [0.05, 0.1) is 13.0 Å². The summed E-state index contributed by atoms with van der Waals surface area (Å²) in [6.07, 6.45) is 0.112. The number of ether oxygens (including phenoxy) is 1. The van der Waals surface area contributed by atoms with Crippen LogP contribution in [0.25, 0.3) is 0 Å². The maximum Gasteiger partial charge on any atom is 0.312 e. The van der Waals surface area contributed by atoms with E-state index in [1.165, 1.54) is 4.90 Å². The summed E-state index contributed by atoms with van der Waals surface area (Å²) in [7, 11) is 1.57. The Morgan fingerprint density at radius 3 is 2.46 bits per heavy atom. The number of nitrogens with zero attached hydrogens (tertiary/aromatic N) is 2. The van der Waals surface area contributed by atoms with Crippen LogP contribution in [-0.4, -0.2) is 43.1 Å². The first kappa shape index (κ1) is 18.0. The SMILES string of the molecule is COc1ccc(N2CC(C(=O)N3CC(C(=O)O)c4ccccc43)CC2=O)cc1. The maximum absolute atomic E-state index is 13.1. The maximum atomic E-state index is 13.1. The molecule has 2 heterocycles. The summed E-state index contributed by atoms with van der Waals surface area (Å²) in [6.45, 7) is 0.376. The number of fused-ring (bicyclic) bond motifs is 1. The first-order valence-electron chi connectivity index (χ1n) is 9.07. The molecule has 2 aromatic rings. The van der Waals surface area contributed by atoms with E-state index in [1.54, 1.807) is 60.5 Å². The standard InChI is InChI=1S/C21H20N2O5/c1-28-15-8-6-14(7-9-15)22-11-13(10-19(22)24)20(25)23-12-17(21(26)27)16-4-2-3-5-18(16)23/h2-9,13,17H,10-12H2,1H3,(H,26,27). The average Bonchev–Trinajstić information content (AvgIpc) is 3.29. The highest BCUT2D eigenvalue weighted by Crippen LogP contribution is 2.38. The molecule has 0 spiro atoms. The van der Waals surface area contributed by atoms with Gasteiger partial charge in [-0.3, -0.25) is 14.4 Å². The number of hydrogen-bond donors (Lipinski definition) is 1. The highest BCUT2D eigenvalue weighted by atomic mass is 16.5. The molecule has 1 N–H and O–H groups in total. The van der Waals surface area contributed by atoms with Gasteiger partial charge in [0.1, 0.15) is 11.7 Å². The van der Waals surface area contributed by atoms with Gasteiger partial charge in [-0.05, 0) is 35.9 Å². The van der Waals surface area contributed by atoms with Crippen LogP contribution in [-0.2, 0) is 14.4 Å². The number of carbonyl (C=O) groups excluding carboxylic acids is 2. The highest BCUT2D eigenvalue weighted by Gasteiger charge is 2.42. The summed E-state index contributed by atoms with van der Waals surface area (Å²) < 4.78 is 5.14. The summed E-state index contributed by atoms with van der Waals surface area (Å²) in [4.78, 5) is 40.3. The number of carboxylic acids is 1. The van der Waals surface area contributed by atoms with Crippen molar-refractivity contribution in [1.82, 2.24) is 0 Å². The molecule has 4 rings (SSSR count). The van der Waals surface area contributed by atoms with Gasteiger partial charge in [0, 0.05) is 30.9 Å². The third-order valence-corrected chi connectivity index (χ3v) is 5.39. The van der Waals surface area contributed by atoms with Crippen LogP contribution in [0.15, 0.2) is 48.5 Å². The van der Waals surface area contributed by atoms with Crippen LogP contribution in [0, 0.1) is 5.92 Å². The fraction of sp³-hybridized carbons (Fsp3) is 0.286. The Morgan fingerprint density at radius 1 is 1.07 bits per heavy atom. The average molecular weight is 380 g/mol. The molecular weight excluding hydrogens is 360 g/mol. The zero-order valence-corrected chi connectivity index (χ0v) is 15.4. The van der Waals surface area contributed by atoms with Gasteiger partial charge >= 0.3 is 5.97 Å². The predicted molar refractivity (Wildman–Crippen MR) is 103 cm³/mol. The molecule has 0 radical (unpaired) electrons. The molecule has 2 amide bonds. The van der Waals surface area contributed by atoms with Crippen molar-refractivity contribution in [3.8, 4) is 5.75 Å². The topological polar surface area (TPSA) is 87.2 Å². The van der Waals surface area contributed by atoms with Gasteiger partial charge < -0.3 is 19.6 Å². The minimum atomic E-state index is -0.954. The van der Waals surface area contributed by atoms with Gasteiger partial charge in [-0.15, -0.1) is 0 Å². The van der Waals surface area contributed by atoms with Gasteiger partial charge in [0.2, 0.25) is 11.8 Å². The molecule has 1 saturated heterocycles. The normalized spacial score (nSPS) is 21.0. The van der Waals surface area contributed by atoms with Crippen molar-refractivity contribution < 1.29 is 24.2 Å². The van der Waals surface area contributed by atoms with Crippen LogP contribution in [0.5, 0.6) is 5.75 Å². The fourth-order valence-corrected chi connectivity index (χ4v) is 3.93. The number of para-hydroxylation sites is 1. The Labute approximate surface area is 162 Å². The van der Waals surface area contributed by atoms with Crippen molar-refractivity contribution in [3.63, 3.8) is 0 Å². The van der Waals surface area contributed by atoms with Crippen molar-refractivity contribution in [2.45, 2.75) is 12.3 Å². The van der Waals surface area contributed by atoms with E-state index in [2.05, 4.69) is 0 Å².